The van der Waals surface area contributed by atoms with Crippen LogP contribution in [0.15, 0.2) is 52.2 Å². The summed E-state index contributed by atoms with van der Waals surface area (Å²) in [5.74, 6) is 1.02. The molecule has 10 heteroatoms. The maximum Gasteiger partial charge on any atom is 0.251 e. The molecule has 3 aromatic rings. The quantitative estimate of drug-likeness (QED) is 0.537. The Morgan fingerprint density at radius 1 is 1.30 bits per heavy atom. The van der Waals surface area contributed by atoms with Crippen LogP contribution in [0, 0.1) is 6.92 Å². The zero-order chi connectivity index (χ0) is 21.1. The number of rotatable bonds is 9. The SMILES string of the molecule is Cc1ccc(S(=O)(=O)NCc2ccco2)cc1C(=O)NCCc1nncn1C1CC1. The van der Waals surface area contributed by atoms with E-state index in [2.05, 4.69) is 24.8 Å². The molecule has 0 atom stereocenters. The summed E-state index contributed by atoms with van der Waals surface area (Å²) in [5.41, 5.74) is 1.01. The lowest BCUT2D eigenvalue weighted by atomic mass is 10.1. The van der Waals surface area contributed by atoms with Crippen LogP contribution < -0.4 is 10.0 Å². The fraction of sp³-hybridized carbons (Fsp3) is 0.350. The summed E-state index contributed by atoms with van der Waals surface area (Å²) < 4.78 is 34.8. The second kappa shape index (κ2) is 8.41. The molecule has 0 unspecified atom stereocenters. The number of benzene rings is 1. The van der Waals surface area contributed by atoms with Gasteiger partial charge in [0.05, 0.1) is 17.7 Å². The molecule has 4 rings (SSSR count). The van der Waals surface area contributed by atoms with E-state index in [4.69, 9.17) is 4.42 Å². The molecular weight excluding hydrogens is 406 g/mol. The summed E-state index contributed by atoms with van der Waals surface area (Å²) in [6.07, 6.45) is 6.02. The van der Waals surface area contributed by atoms with Crippen LogP contribution in [0.4, 0.5) is 0 Å². The van der Waals surface area contributed by atoms with Gasteiger partial charge in [-0.1, -0.05) is 6.07 Å². The maximum atomic E-state index is 12.7. The van der Waals surface area contributed by atoms with E-state index in [0.29, 0.717) is 35.9 Å². The Kier molecular flexibility index (Phi) is 5.69. The third kappa shape index (κ3) is 4.60. The van der Waals surface area contributed by atoms with E-state index in [9.17, 15) is 13.2 Å². The predicted octanol–water partition coefficient (Wildman–Crippen LogP) is 1.97. The summed E-state index contributed by atoms with van der Waals surface area (Å²) in [7, 11) is -3.78. The van der Waals surface area contributed by atoms with Gasteiger partial charge in [0.25, 0.3) is 5.91 Å². The Hall–Kier alpha value is -2.98. The highest BCUT2D eigenvalue weighted by Crippen LogP contribution is 2.35. The lowest BCUT2D eigenvalue weighted by molar-refractivity contribution is 0.0953. The number of aryl methyl sites for hydroxylation is 1. The highest BCUT2D eigenvalue weighted by molar-refractivity contribution is 7.89. The van der Waals surface area contributed by atoms with Gasteiger partial charge in [-0.25, -0.2) is 13.1 Å². The first-order valence-electron chi connectivity index (χ1n) is 9.73. The molecule has 1 amide bonds. The largest absolute Gasteiger partial charge is 0.468 e. The predicted molar refractivity (Wildman–Crippen MR) is 108 cm³/mol. The molecule has 9 nitrogen and oxygen atoms in total. The van der Waals surface area contributed by atoms with Crippen molar-refractivity contribution in [2.24, 2.45) is 0 Å². The van der Waals surface area contributed by atoms with Crippen LogP contribution in [-0.4, -0.2) is 35.6 Å². The minimum absolute atomic E-state index is 0.0262. The molecule has 158 valence electrons. The number of nitrogens with one attached hydrogen (secondary N) is 2. The van der Waals surface area contributed by atoms with E-state index in [0.717, 1.165) is 18.7 Å². The normalized spacial score (nSPS) is 14.0. The van der Waals surface area contributed by atoms with E-state index in [1.165, 1.54) is 18.4 Å². The monoisotopic (exact) mass is 429 g/mol. The van der Waals surface area contributed by atoms with Gasteiger partial charge in [0.2, 0.25) is 10.0 Å². The third-order valence-electron chi connectivity index (χ3n) is 5.00. The van der Waals surface area contributed by atoms with Crippen molar-refractivity contribution >= 4 is 15.9 Å². The molecule has 1 aliphatic rings. The van der Waals surface area contributed by atoms with Gasteiger partial charge >= 0.3 is 0 Å². The molecule has 0 saturated heterocycles. The second-order valence-electron chi connectivity index (χ2n) is 7.27. The lowest BCUT2D eigenvalue weighted by Crippen LogP contribution is -2.28. The smallest absolute Gasteiger partial charge is 0.251 e. The number of aromatic nitrogens is 3. The molecule has 0 bridgehead atoms. The molecule has 0 radical (unpaired) electrons. The van der Waals surface area contributed by atoms with Crippen LogP contribution in [-0.2, 0) is 23.0 Å². The second-order valence-corrected chi connectivity index (χ2v) is 9.04. The minimum atomic E-state index is -3.78. The number of amides is 1. The van der Waals surface area contributed by atoms with Crippen molar-refractivity contribution in [3.63, 3.8) is 0 Å². The Morgan fingerprint density at radius 2 is 2.13 bits per heavy atom. The number of sulfonamides is 1. The molecule has 30 heavy (non-hydrogen) atoms. The molecule has 2 aromatic heterocycles. The average molecular weight is 430 g/mol. The van der Waals surface area contributed by atoms with Crippen molar-refractivity contribution in [1.82, 2.24) is 24.8 Å². The van der Waals surface area contributed by atoms with Crippen molar-refractivity contribution in [2.45, 2.75) is 43.7 Å². The van der Waals surface area contributed by atoms with Crippen molar-refractivity contribution in [3.05, 3.63) is 65.6 Å². The van der Waals surface area contributed by atoms with Crippen molar-refractivity contribution in [1.29, 1.82) is 0 Å². The molecule has 2 heterocycles. The van der Waals surface area contributed by atoms with Gasteiger partial charge in [0.15, 0.2) is 0 Å². The van der Waals surface area contributed by atoms with Crippen molar-refractivity contribution in [3.8, 4) is 0 Å². The van der Waals surface area contributed by atoms with Crippen LogP contribution in [0.1, 0.15) is 46.4 Å². The Balaban J connectivity index is 1.40. The standard InChI is InChI=1S/C20H23N5O4S/c1-14-4-7-17(30(27,28)23-12-16-3-2-10-29-16)11-18(14)20(26)21-9-8-19-24-22-13-25(19)15-5-6-15/h2-4,7,10-11,13,15,23H,5-6,8-9,12H2,1H3,(H,21,26). The fourth-order valence-corrected chi connectivity index (χ4v) is 4.18. The van der Waals surface area contributed by atoms with Gasteiger partial charge in [0, 0.05) is 24.6 Å². The Morgan fingerprint density at radius 3 is 2.87 bits per heavy atom. The Labute approximate surface area is 174 Å². The fourth-order valence-electron chi connectivity index (χ4n) is 3.16. The van der Waals surface area contributed by atoms with Gasteiger partial charge in [-0.2, -0.15) is 0 Å². The summed E-state index contributed by atoms with van der Waals surface area (Å²) in [6, 6.07) is 8.34. The summed E-state index contributed by atoms with van der Waals surface area (Å²) in [6.45, 7) is 2.19. The highest BCUT2D eigenvalue weighted by atomic mass is 32.2. The van der Waals surface area contributed by atoms with E-state index in [-0.39, 0.29) is 17.3 Å². The van der Waals surface area contributed by atoms with Crippen LogP contribution in [0.2, 0.25) is 0 Å². The number of furan rings is 1. The van der Waals surface area contributed by atoms with Gasteiger partial charge < -0.3 is 14.3 Å². The number of hydrogen-bond donors (Lipinski definition) is 2. The zero-order valence-corrected chi connectivity index (χ0v) is 17.4. The van der Waals surface area contributed by atoms with Crippen LogP contribution in [0.5, 0.6) is 0 Å². The molecular formula is C20H23N5O4S. The summed E-state index contributed by atoms with van der Waals surface area (Å²) in [4.78, 5) is 12.7. The van der Waals surface area contributed by atoms with Gasteiger partial charge in [-0.15, -0.1) is 10.2 Å². The molecule has 1 fully saturated rings. The molecule has 1 aromatic carbocycles. The van der Waals surface area contributed by atoms with Gasteiger partial charge in [-0.05, 0) is 49.6 Å². The highest BCUT2D eigenvalue weighted by Gasteiger charge is 2.26. The van der Waals surface area contributed by atoms with Gasteiger partial charge in [-0.3, -0.25) is 4.79 Å². The van der Waals surface area contributed by atoms with Crippen molar-refractivity contribution in [2.75, 3.05) is 6.54 Å². The number of hydrogen-bond acceptors (Lipinski definition) is 6. The number of nitrogens with zero attached hydrogens (tertiary/aromatic N) is 3. The molecule has 2 N–H and O–H groups in total. The third-order valence-corrected chi connectivity index (χ3v) is 6.40. The first-order chi connectivity index (χ1) is 14.4. The number of carbonyl (C=O) groups is 1. The minimum Gasteiger partial charge on any atom is -0.468 e. The van der Waals surface area contributed by atoms with Crippen LogP contribution in [0.3, 0.4) is 0 Å². The van der Waals surface area contributed by atoms with E-state index >= 15 is 0 Å². The average Bonchev–Trinajstić information content (AvgIpc) is 3.23. The summed E-state index contributed by atoms with van der Waals surface area (Å²) in [5, 5.41) is 10.9. The maximum absolute atomic E-state index is 12.7. The van der Waals surface area contributed by atoms with E-state index < -0.39 is 10.0 Å². The summed E-state index contributed by atoms with van der Waals surface area (Å²) >= 11 is 0. The molecule has 0 aliphatic heterocycles. The topological polar surface area (TPSA) is 119 Å². The first kappa shape index (κ1) is 20.3. The van der Waals surface area contributed by atoms with Crippen molar-refractivity contribution < 1.29 is 17.6 Å². The van der Waals surface area contributed by atoms with Crippen LogP contribution >= 0.6 is 0 Å². The Bertz CT molecular complexity index is 1130. The first-order valence-corrected chi connectivity index (χ1v) is 11.2. The lowest BCUT2D eigenvalue weighted by Gasteiger charge is -2.11. The zero-order valence-electron chi connectivity index (χ0n) is 16.5. The van der Waals surface area contributed by atoms with E-state index in [1.54, 1.807) is 31.5 Å². The van der Waals surface area contributed by atoms with Crippen LogP contribution in [0.25, 0.3) is 0 Å². The van der Waals surface area contributed by atoms with E-state index in [1.807, 2.05) is 0 Å². The molecule has 1 aliphatic carbocycles. The number of carbonyl (C=O) groups excluding carboxylic acids is 1. The van der Waals surface area contributed by atoms with Gasteiger partial charge in [0.1, 0.15) is 17.9 Å². The molecule has 0 spiro atoms. The molecule has 1 saturated carbocycles.